The monoisotopic (exact) mass is 206 g/mol. The van der Waals surface area contributed by atoms with Crippen LogP contribution in [0.2, 0.25) is 0 Å². The maximum absolute atomic E-state index is 11.3. The first-order valence-electron chi connectivity index (χ1n) is 3.84. The molecule has 76 valence electrons. The molecule has 1 atom stereocenters. The smallest absolute Gasteiger partial charge is 0.333 e. The van der Waals surface area contributed by atoms with Gasteiger partial charge < -0.3 is 9.26 Å². The molecular formula is C8H15O4P. The first-order chi connectivity index (χ1) is 5.89. The molecule has 1 unspecified atom stereocenters. The van der Waals surface area contributed by atoms with Gasteiger partial charge in [0.2, 0.25) is 7.37 Å². The highest BCUT2D eigenvalue weighted by Gasteiger charge is 2.14. The van der Waals surface area contributed by atoms with Crippen molar-refractivity contribution in [3.05, 3.63) is 12.2 Å². The Labute approximate surface area is 78.4 Å². The summed E-state index contributed by atoms with van der Waals surface area (Å²) in [7, 11) is -1.19. The highest BCUT2D eigenvalue weighted by Crippen LogP contribution is 2.40. The average molecular weight is 206 g/mol. The van der Waals surface area contributed by atoms with Crippen molar-refractivity contribution in [3.63, 3.8) is 0 Å². The zero-order valence-corrected chi connectivity index (χ0v) is 9.10. The van der Waals surface area contributed by atoms with Crippen LogP contribution in [0, 0.1) is 0 Å². The topological polar surface area (TPSA) is 52.6 Å². The van der Waals surface area contributed by atoms with Gasteiger partial charge in [-0.1, -0.05) is 6.58 Å². The molecule has 0 aromatic carbocycles. The molecule has 0 radical (unpaired) electrons. The van der Waals surface area contributed by atoms with E-state index in [0.717, 1.165) is 0 Å². The molecule has 0 saturated heterocycles. The summed E-state index contributed by atoms with van der Waals surface area (Å²) >= 11 is 0. The maximum atomic E-state index is 11.3. The number of carbonyl (C=O) groups excluding carboxylic acids is 1. The molecule has 0 bridgehead atoms. The van der Waals surface area contributed by atoms with E-state index in [0.29, 0.717) is 5.57 Å². The molecule has 0 aromatic heterocycles. The van der Waals surface area contributed by atoms with Crippen molar-refractivity contribution in [3.8, 4) is 0 Å². The summed E-state index contributed by atoms with van der Waals surface area (Å²) in [6, 6.07) is 0. The molecule has 0 amide bonds. The fourth-order valence-electron chi connectivity index (χ4n) is 0.519. The zero-order valence-electron chi connectivity index (χ0n) is 8.20. The first-order valence-corrected chi connectivity index (χ1v) is 6.09. The Hall–Kier alpha value is -0.600. The van der Waals surface area contributed by atoms with Crippen LogP contribution in [0.3, 0.4) is 0 Å². The van der Waals surface area contributed by atoms with Crippen LogP contribution in [-0.4, -0.2) is 32.5 Å². The van der Waals surface area contributed by atoms with Gasteiger partial charge in [-0.2, -0.15) is 0 Å². The summed E-state index contributed by atoms with van der Waals surface area (Å²) in [6.45, 7) is 6.58. The van der Waals surface area contributed by atoms with Crippen LogP contribution < -0.4 is 0 Å². The molecule has 13 heavy (non-hydrogen) atoms. The predicted molar refractivity (Wildman–Crippen MR) is 51.2 cm³/mol. The van der Waals surface area contributed by atoms with E-state index in [1.165, 1.54) is 13.8 Å². The van der Waals surface area contributed by atoms with E-state index in [1.807, 2.05) is 0 Å². The molecule has 0 aliphatic heterocycles. The van der Waals surface area contributed by atoms with Crippen LogP contribution in [0.5, 0.6) is 0 Å². The molecule has 0 aliphatic carbocycles. The lowest BCUT2D eigenvalue weighted by Gasteiger charge is -2.10. The minimum atomic E-state index is -2.57. The Kier molecular flexibility index (Phi) is 4.96. The summed E-state index contributed by atoms with van der Waals surface area (Å²) in [4.78, 5) is 10.9. The van der Waals surface area contributed by atoms with Gasteiger partial charge in [-0.05, 0) is 6.92 Å². The van der Waals surface area contributed by atoms with Crippen molar-refractivity contribution in [1.29, 1.82) is 0 Å². The molecule has 0 N–H and O–H groups in total. The molecule has 0 fully saturated rings. The number of rotatable bonds is 5. The lowest BCUT2D eigenvalue weighted by Crippen LogP contribution is -2.09. The van der Waals surface area contributed by atoms with Crippen LogP contribution >= 0.6 is 7.37 Å². The third-order valence-corrected chi connectivity index (χ3v) is 3.23. The standard InChI is InChI=1S/C8H15O4P/c1-7(2)8(9)12-5-6-13(4,10)11-3/h1,5-6H2,2-4H3. The molecule has 5 heteroatoms. The number of hydrogen-bond acceptors (Lipinski definition) is 4. The Morgan fingerprint density at radius 1 is 1.54 bits per heavy atom. The van der Waals surface area contributed by atoms with E-state index in [-0.39, 0.29) is 12.8 Å². The molecule has 0 aromatic rings. The van der Waals surface area contributed by atoms with Crippen LogP contribution in [0.25, 0.3) is 0 Å². The third kappa shape index (κ3) is 5.61. The van der Waals surface area contributed by atoms with Gasteiger partial charge in [0, 0.05) is 19.3 Å². The van der Waals surface area contributed by atoms with Gasteiger partial charge in [0.1, 0.15) is 6.61 Å². The maximum Gasteiger partial charge on any atom is 0.333 e. The number of carbonyl (C=O) groups is 1. The minimum absolute atomic E-state index is 0.104. The van der Waals surface area contributed by atoms with E-state index < -0.39 is 13.3 Å². The predicted octanol–water partition coefficient (Wildman–Crippen LogP) is 1.66. The molecule has 0 heterocycles. The summed E-state index contributed by atoms with van der Waals surface area (Å²) in [6.07, 6.45) is 0.239. The van der Waals surface area contributed by atoms with Crippen molar-refractivity contribution in [1.82, 2.24) is 0 Å². The number of esters is 1. The highest BCUT2D eigenvalue weighted by atomic mass is 31.2. The Bertz CT molecular complexity index is 247. The van der Waals surface area contributed by atoms with Gasteiger partial charge >= 0.3 is 5.97 Å². The Balaban J connectivity index is 3.75. The van der Waals surface area contributed by atoms with E-state index >= 15 is 0 Å². The summed E-state index contributed by atoms with van der Waals surface area (Å²) in [5.41, 5.74) is 0.336. The van der Waals surface area contributed by atoms with Gasteiger partial charge in [0.15, 0.2) is 0 Å². The second-order valence-electron chi connectivity index (χ2n) is 2.84. The molecule has 4 nitrogen and oxygen atoms in total. The third-order valence-electron chi connectivity index (χ3n) is 1.47. The Morgan fingerprint density at radius 2 is 2.08 bits per heavy atom. The van der Waals surface area contributed by atoms with Crippen LogP contribution in [0.4, 0.5) is 0 Å². The normalized spacial score (nSPS) is 14.7. The van der Waals surface area contributed by atoms with Gasteiger partial charge in [-0.3, -0.25) is 4.57 Å². The lowest BCUT2D eigenvalue weighted by atomic mass is 10.4. The number of ether oxygens (including phenoxy) is 1. The second kappa shape index (κ2) is 5.20. The van der Waals surface area contributed by atoms with Crippen molar-refractivity contribution >= 4 is 13.3 Å². The highest BCUT2D eigenvalue weighted by molar-refractivity contribution is 7.58. The molecule has 0 aliphatic rings. The average Bonchev–Trinajstić information content (AvgIpc) is 2.04. The fraction of sp³-hybridized carbons (Fsp3) is 0.625. The molecular weight excluding hydrogens is 191 g/mol. The largest absolute Gasteiger partial charge is 0.462 e. The van der Waals surface area contributed by atoms with Gasteiger partial charge in [0.25, 0.3) is 0 Å². The summed E-state index contributed by atoms with van der Waals surface area (Å²) in [5, 5.41) is 0. The van der Waals surface area contributed by atoms with E-state index in [4.69, 9.17) is 9.26 Å². The van der Waals surface area contributed by atoms with Gasteiger partial charge in [-0.15, -0.1) is 0 Å². The number of hydrogen-bond donors (Lipinski definition) is 0. The summed E-state index contributed by atoms with van der Waals surface area (Å²) < 4.78 is 20.8. The summed E-state index contributed by atoms with van der Waals surface area (Å²) in [5.74, 6) is -0.462. The van der Waals surface area contributed by atoms with Crippen molar-refractivity contribution in [2.75, 3.05) is 26.5 Å². The van der Waals surface area contributed by atoms with Gasteiger partial charge in [0.05, 0.1) is 6.16 Å². The van der Waals surface area contributed by atoms with Crippen molar-refractivity contribution in [2.24, 2.45) is 0 Å². The lowest BCUT2D eigenvalue weighted by molar-refractivity contribution is -0.138. The van der Waals surface area contributed by atoms with Gasteiger partial charge in [-0.25, -0.2) is 4.79 Å². The van der Waals surface area contributed by atoms with E-state index in [2.05, 4.69) is 6.58 Å². The van der Waals surface area contributed by atoms with Crippen LogP contribution in [0.1, 0.15) is 6.92 Å². The molecule has 0 rings (SSSR count). The van der Waals surface area contributed by atoms with E-state index in [9.17, 15) is 9.36 Å². The Morgan fingerprint density at radius 3 is 2.46 bits per heavy atom. The molecule has 0 spiro atoms. The molecule has 0 saturated carbocycles. The van der Waals surface area contributed by atoms with E-state index in [1.54, 1.807) is 6.92 Å². The fourth-order valence-corrected chi connectivity index (χ4v) is 1.12. The van der Waals surface area contributed by atoms with Crippen LogP contribution in [0.15, 0.2) is 12.2 Å². The van der Waals surface area contributed by atoms with Crippen LogP contribution in [-0.2, 0) is 18.6 Å². The van der Waals surface area contributed by atoms with Crippen molar-refractivity contribution < 1.29 is 18.6 Å². The minimum Gasteiger partial charge on any atom is -0.462 e. The first kappa shape index (κ1) is 12.4. The quantitative estimate of drug-likeness (QED) is 0.390. The second-order valence-corrected chi connectivity index (χ2v) is 5.68. The van der Waals surface area contributed by atoms with Crippen molar-refractivity contribution in [2.45, 2.75) is 6.92 Å². The SMILES string of the molecule is C=C(C)C(=O)OCCP(C)(=O)OC. The zero-order chi connectivity index (χ0) is 10.5.